The number of amides is 1. The largest absolute Gasteiger partial charge is 0.340 e. The highest BCUT2D eigenvalue weighted by Crippen LogP contribution is 2.29. The Morgan fingerprint density at radius 3 is 2.77 bits per heavy atom. The van der Waals surface area contributed by atoms with Crippen LogP contribution < -0.4 is 10.9 Å². The average molecular weight is 384 g/mol. The Bertz CT molecular complexity index is 1030. The normalized spacial score (nSPS) is 10.7. The molecule has 0 atom stereocenters. The van der Waals surface area contributed by atoms with Gasteiger partial charge in [0, 0.05) is 28.9 Å². The molecular weight excluding hydrogens is 372 g/mol. The number of nitrogens with one attached hydrogen (secondary N) is 2. The SMILES string of the molecule is Cc1nc(-c2ccsc2)sc1C(=O)NNc1nc(-c2ccncc2)no1. The number of hydrogen-bond donors (Lipinski definition) is 2. The summed E-state index contributed by atoms with van der Waals surface area (Å²) in [5, 5.41) is 8.64. The molecule has 2 N–H and O–H groups in total. The maximum atomic E-state index is 12.4. The zero-order valence-electron chi connectivity index (χ0n) is 13.5. The molecule has 4 heterocycles. The van der Waals surface area contributed by atoms with E-state index in [0.717, 1.165) is 16.1 Å². The molecule has 0 unspecified atom stereocenters. The highest BCUT2D eigenvalue weighted by atomic mass is 32.1. The van der Waals surface area contributed by atoms with Crippen molar-refractivity contribution in [1.82, 2.24) is 25.5 Å². The topological polar surface area (TPSA) is 106 Å². The van der Waals surface area contributed by atoms with E-state index in [4.69, 9.17) is 4.52 Å². The van der Waals surface area contributed by atoms with Crippen LogP contribution in [-0.2, 0) is 0 Å². The third-order valence-electron chi connectivity index (χ3n) is 3.42. The van der Waals surface area contributed by atoms with E-state index in [1.807, 2.05) is 16.8 Å². The zero-order chi connectivity index (χ0) is 17.9. The number of anilines is 1. The summed E-state index contributed by atoms with van der Waals surface area (Å²) in [4.78, 5) is 25.5. The predicted octanol–water partition coefficient (Wildman–Crippen LogP) is 3.38. The number of rotatable bonds is 5. The van der Waals surface area contributed by atoms with E-state index in [9.17, 15) is 4.79 Å². The van der Waals surface area contributed by atoms with Crippen molar-refractivity contribution in [3.63, 3.8) is 0 Å². The quantitative estimate of drug-likeness (QED) is 0.508. The molecule has 0 radical (unpaired) electrons. The summed E-state index contributed by atoms with van der Waals surface area (Å²) in [5.74, 6) is 0.0861. The molecule has 130 valence electrons. The van der Waals surface area contributed by atoms with Gasteiger partial charge in [0.05, 0.1) is 5.69 Å². The van der Waals surface area contributed by atoms with Crippen LogP contribution in [0.1, 0.15) is 15.4 Å². The van der Waals surface area contributed by atoms with Gasteiger partial charge in [-0.3, -0.25) is 15.2 Å². The average Bonchev–Trinajstić information content (AvgIpc) is 3.41. The van der Waals surface area contributed by atoms with E-state index in [1.165, 1.54) is 11.3 Å². The Labute approximate surface area is 155 Å². The van der Waals surface area contributed by atoms with Crippen LogP contribution in [0.25, 0.3) is 22.0 Å². The summed E-state index contributed by atoms with van der Waals surface area (Å²) in [6, 6.07) is 5.59. The van der Waals surface area contributed by atoms with Crippen LogP contribution in [0.5, 0.6) is 0 Å². The molecule has 4 rings (SSSR count). The number of aromatic nitrogens is 4. The number of carbonyl (C=O) groups excluding carboxylic acids is 1. The third kappa shape index (κ3) is 3.32. The summed E-state index contributed by atoms with van der Waals surface area (Å²) in [7, 11) is 0. The zero-order valence-corrected chi connectivity index (χ0v) is 15.1. The van der Waals surface area contributed by atoms with Crippen molar-refractivity contribution in [3.05, 3.63) is 51.9 Å². The highest BCUT2D eigenvalue weighted by molar-refractivity contribution is 7.17. The number of carbonyl (C=O) groups is 1. The van der Waals surface area contributed by atoms with E-state index >= 15 is 0 Å². The first-order valence-electron chi connectivity index (χ1n) is 7.51. The van der Waals surface area contributed by atoms with Crippen molar-refractivity contribution >= 4 is 34.6 Å². The molecule has 0 spiro atoms. The Morgan fingerprint density at radius 2 is 2.00 bits per heavy atom. The minimum absolute atomic E-state index is 0.0883. The van der Waals surface area contributed by atoms with E-state index in [1.54, 1.807) is 42.8 Å². The van der Waals surface area contributed by atoms with Crippen molar-refractivity contribution in [2.75, 3.05) is 5.43 Å². The Hall–Kier alpha value is -3.11. The minimum Gasteiger partial charge on any atom is -0.313 e. The number of nitrogens with zero attached hydrogens (tertiary/aromatic N) is 4. The summed E-state index contributed by atoms with van der Waals surface area (Å²) < 4.78 is 5.08. The van der Waals surface area contributed by atoms with Crippen molar-refractivity contribution in [3.8, 4) is 22.0 Å². The molecule has 0 fully saturated rings. The van der Waals surface area contributed by atoms with E-state index in [2.05, 4.69) is 31.0 Å². The van der Waals surface area contributed by atoms with Crippen molar-refractivity contribution in [2.24, 2.45) is 0 Å². The number of hydrazine groups is 1. The number of thiophene rings is 1. The molecule has 0 aliphatic carbocycles. The van der Waals surface area contributed by atoms with Crippen LogP contribution in [0.2, 0.25) is 0 Å². The van der Waals surface area contributed by atoms with Crippen LogP contribution in [-0.4, -0.2) is 26.0 Å². The van der Waals surface area contributed by atoms with E-state index < -0.39 is 0 Å². The fourth-order valence-electron chi connectivity index (χ4n) is 2.18. The lowest BCUT2D eigenvalue weighted by Crippen LogP contribution is -2.29. The maximum Gasteiger partial charge on any atom is 0.340 e. The van der Waals surface area contributed by atoms with Gasteiger partial charge in [-0.2, -0.15) is 16.3 Å². The Morgan fingerprint density at radius 1 is 1.15 bits per heavy atom. The van der Waals surface area contributed by atoms with Gasteiger partial charge in [0.1, 0.15) is 9.88 Å². The molecule has 4 aromatic heterocycles. The van der Waals surface area contributed by atoms with Crippen molar-refractivity contribution in [2.45, 2.75) is 6.92 Å². The van der Waals surface area contributed by atoms with Gasteiger partial charge >= 0.3 is 6.01 Å². The number of pyridine rings is 1. The second kappa shape index (κ2) is 7.02. The molecule has 8 nitrogen and oxygen atoms in total. The van der Waals surface area contributed by atoms with Crippen LogP contribution in [0, 0.1) is 6.92 Å². The lowest BCUT2D eigenvalue weighted by Gasteiger charge is -2.02. The number of thiazole rings is 1. The Balaban J connectivity index is 1.44. The lowest BCUT2D eigenvalue weighted by atomic mass is 10.3. The molecule has 0 saturated carbocycles. The molecular formula is C16H12N6O2S2. The predicted molar refractivity (Wildman–Crippen MR) is 98.8 cm³/mol. The van der Waals surface area contributed by atoms with Crippen molar-refractivity contribution in [1.29, 1.82) is 0 Å². The van der Waals surface area contributed by atoms with E-state index in [-0.39, 0.29) is 11.9 Å². The van der Waals surface area contributed by atoms with Crippen LogP contribution in [0.4, 0.5) is 6.01 Å². The van der Waals surface area contributed by atoms with E-state index in [0.29, 0.717) is 16.4 Å². The first-order chi connectivity index (χ1) is 12.7. The molecule has 26 heavy (non-hydrogen) atoms. The first kappa shape index (κ1) is 16.4. The van der Waals surface area contributed by atoms with Crippen LogP contribution in [0.15, 0.2) is 45.9 Å². The first-order valence-corrected chi connectivity index (χ1v) is 9.27. The van der Waals surface area contributed by atoms with Gasteiger partial charge in [-0.15, -0.1) is 11.3 Å². The summed E-state index contributed by atoms with van der Waals surface area (Å²) in [5.41, 5.74) is 7.62. The fraction of sp³-hybridized carbons (Fsp3) is 0.0625. The fourth-order valence-corrected chi connectivity index (χ4v) is 3.85. The van der Waals surface area contributed by atoms with Gasteiger partial charge in [0.25, 0.3) is 5.91 Å². The van der Waals surface area contributed by atoms with Gasteiger partial charge in [0.15, 0.2) is 0 Å². The van der Waals surface area contributed by atoms with Gasteiger partial charge in [-0.1, -0.05) is 5.16 Å². The third-order valence-corrected chi connectivity index (χ3v) is 5.31. The Kier molecular flexibility index (Phi) is 4.42. The smallest absolute Gasteiger partial charge is 0.313 e. The van der Waals surface area contributed by atoms with Gasteiger partial charge < -0.3 is 4.52 Å². The molecule has 4 aromatic rings. The second-order valence-corrected chi connectivity index (χ2v) is 6.96. The van der Waals surface area contributed by atoms with Crippen molar-refractivity contribution < 1.29 is 9.32 Å². The van der Waals surface area contributed by atoms with Crippen LogP contribution >= 0.6 is 22.7 Å². The van der Waals surface area contributed by atoms with Gasteiger partial charge in [-0.25, -0.2) is 10.4 Å². The van der Waals surface area contributed by atoms with Crippen LogP contribution in [0.3, 0.4) is 0 Å². The second-order valence-electron chi connectivity index (χ2n) is 5.18. The molecule has 1 amide bonds. The standard InChI is InChI=1S/C16H12N6O2S2/c1-9-12(26-15(18-9)11-4-7-25-8-11)14(23)20-21-16-19-13(22-24-16)10-2-5-17-6-3-10/h2-8H,1H3,(H,20,23)(H,19,21,22). The maximum absolute atomic E-state index is 12.4. The number of aryl methyl sites for hydroxylation is 1. The molecule has 0 bridgehead atoms. The summed E-state index contributed by atoms with van der Waals surface area (Å²) in [6.07, 6.45) is 3.27. The minimum atomic E-state index is -0.315. The molecule has 0 saturated heterocycles. The highest BCUT2D eigenvalue weighted by Gasteiger charge is 2.17. The molecule has 0 aliphatic rings. The molecule has 0 aliphatic heterocycles. The summed E-state index contributed by atoms with van der Waals surface area (Å²) >= 11 is 2.92. The van der Waals surface area contributed by atoms with Gasteiger partial charge in [0.2, 0.25) is 5.82 Å². The summed E-state index contributed by atoms with van der Waals surface area (Å²) in [6.45, 7) is 1.80. The number of hydrogen-bond acceptors (Lipinski definition) is 9. The van der Waals surface area contributed by atoms with Gasteiger partial charge in [-0.05, 0) is 30.5 Å². The lowest BCUT2D eigenvalue weighted by molar-refractivity contribution is 0.0964. The molecule has 10 heteroatoms. The molecule has 0 aromatic carbocycles. The monoisotopic (exact) mass is 384 g/mol.